The van der Waals surface area contributed by atoms with Crippen LogP contribution in [0.1, 0.15) is 43.1 Å². The molecule has 0 saturated carbocycles. The first-order valence-electron chi connectivity index (χ1n) is 9.68. The molecule has 33 heavy (non-hydrogen) atoms. The van der Waals surface area contributed by atoms with Crippen LogP contribution in [0.15, 0.2) is 36.7 Å². The van der Waals surface area contributed by atoms with Crippen LogP contribution in [0.2, 0.25) is 0 Å². The van der Waals surface area contributed by atoms with E-state index in [9.17, 15) is 27.6 Å². The van der Waals surface area contributed by atoms with Crippen LogP contribution >= 0.6 is 11.3 Å². The second kappa shape index (κ2) is 9.94. The Hall–Kier alpha value is -3.54. The molecule has 174 valence electrons. The molecule has 3 rings (SSSR count). The second-order valence-electron chi connectivity index (χ2n) is 6.96. The summed E-state index contributed by atoms with van der Waals surface area (Å²) in [5.74, 6) is -1.21. The van der Waals surface area contributed by atoms with E-state index in [-0.39, 0.29) is 23.1 Å². The molecule has 12 heteroatoms. The molecule has 0 spiro atoms. The van der Waals surface area contributed by atoms with Crippen LogP contribution in [0.3, 0.4) is 0 Å². The topological polar surface area (TPSA) is 103 Å². The van der Waals surface area contributed by atoms with Crippen LogP contribution in [-0.4, -0.2) is 45.6 Å². The number of ketones is 1. The number of alkyl halides is 3. The van der Waals surface area contributed by atoms with Crippen molar-refractivity contribution in [2.45, 2.75) is 26.4 Å². The Morgan fingerprint density at radius 3 is 2.55 bits per heavy atom. The molecule has 1 amide bonds. The zero-order chi connectivity index (χ0) is 24.2. The first-order chi connectivity index (χ1) is 15.6. The lowest BCUT2D eigenvalue weighted by Crippen LogP contribution is -2.22. The molecule has 0 aliphatic rings. The van der Waals surface area contributed by atoms with E-state index < -0.39 is 24.3 Å². The Morgan fingerprint density at radius 2 is 1.91 bits per heavy atom. The van der Waals surface area contributed by atoms with Crippen molar-refractivity contribution >= 4 is 29.0 Å². The number of hydrogen-bond donors (Lipinski definition) is 1. The molecule has 0 bridgehead atoms. The highest BCUT2D eigenvalue weighted by molar-refractivity contribution is 7.14. The van der Waals surface area contributed by atoms with Crippen molar-refractivity contribution in [1.29, 1.82) is 0 Å². The number of Topliss-reactive ketones (excluding diaryl/α,β-unsaturated/α-hetero) is 1. The Labute approximate surface area is 190 Å². The van der Waals surface area contributed by atoms with E-state index in [1.807, 2.05) is 0 Å². The van der Waals surface area contributed by atoms with E-state index in [2.05, 4.69) is 15.4 Å². The number of rotatable bonds is 8. The summed E-state index contributed by atoms with van der Waals surface area (Å²) in [6, 6.07) is 5.41. The van der Waals surface area contributed by atoms with Gasteiger partial charge < -0.3 is 10.1 Å². The molecule has 3 aromatic heterocycles. The maximum absolute atomic E-state index is 12.7. The van der Waals surface area contributed by atoms with Gasteiger partial charge in [0.25, 0.3) is 0 Å². The highest BCUT2D eigenvalue weighted by atomic mass is 32.1. The predicted octanol–water partition coefficient (Wildman–Crippen LogP) is 3.37. The number of amides is 1. The highest BCUT2D eigenvalue weighted by Gasteiger charge is 2.31. The average molecular weight is 480 g/mol. The summed E-state index contributed by atoms with van der Waals surface area (Å²) in [6.45, 7) is 2.93. The van der Waals surface area contributed by atoms with Crippen LogP contribution in [0.25, 0.3) is 5.82 Å². The standard InChI is InChI=1S/C21H19F3N4O4S/c1-12-16(10-27-28(12)19-6-3-14(9-26-19)21(22,23)24)20(31)32-11-17(30)18-5-4-15(33-18)7-8-25-13(2)29/h3-6,9-10H,7-8,11H2,1-2H3,(H,25,29). The van der Waals surface area contributed by atoms with Gasteiger partial charge in [0, 0.05) is 24.5 Å². The van der Waals surface area contributed by atoms with Crippen molar-refractivity contribution in [3.05, 3.63) is 63.2 Å². The third-order valence-electron chi connectivity index (χ3n) is 4.54. The van der Waals surface area contributed by atoms with E-state index in [1.165, 1.54) is 36.1 Å². The Bertz CT molecular complexity index is 1170. The van der Waals surface area contributed by atoms with E-state index in [0.29, 0.717) is 29.7 Å². The highest BCUT2D eigenvalue weighted by Crippen LogP contribution is 2.29. The molecule has 0 aliphatic heterocycles. The zero-order valence-electron chi connectivity index (χ0n) is 17.6. The van der Waals surface area contributed by atoms with Gasteiger partial charge in [-0.3, -0.25) is 9.59 Å². The van der Waals surface area contributed by atoms with Gasteiger partial charge in [-0.05, 0) is 37.6 Å². The summed E-state index contributed by atoms with van der Waals surface area (Å²) in [6.07, 6.45) is -2.06. The van der Waals surface area contributed by atoms with Crippen LogP contribution in [0, 0.1) is 6.92 Å². The lowest BCUT2D eigenvalue weighted by molar-refractivity contribution is -0.137. The largest absolute Gasteiger partial charge is 0.454 e. The lowest BCUT2D eigenvalue weighted by Gasteiger charge is -2.08. The first kappa shape index (κ1) is 24.1. The van der Waals surface area contributed by atoms with Gasteiger partial charge in [-0.1, -0.05) is 0 Å². The van der Waals surface area contributed by atoms with Crippen LogP contribution in [-0.2, 0) is 22.1 Å². The maximum atomic E-state index is 12.7. The van der Waals surface area contributed by atoms with E-state index in [0.717, 1.165) is 17.0 Å². The zero-order valence-corrected chi connectivity index (χ0v) is 18.4. The van der Waals surface area contributed by atoms with Gasteiger partial charge in [-0.15, -0.1) is 11.3 Å². The Kier molecular flexibility index (Phi) is 7.26. The van der Waals surface area contributed by atoms with Gasteiger partial charge in [-0.25, -0.2) is 14.5 Å². The van der Waals surface area contributed by atoms with Crippen molar-refractivity contribution in [3.8, 4) is 5.82 Å². The molecule has 3 heterocycles. The van der Waals surface area contributed by atoms with Crippen molar-refractivity contribution in [2.24, 2.45) is 0 Å². The van der Waals surface area contributed by atoms with Crippen LogP contribution < -0.4 is 5.32 Å². The number of carbonyl (C=O) groups excluding carboxylic acids is 3. The molecule has 1 N–H and O–H groups in total. The smallest absolute Gasteiger partial charge is 0.417 e. The van der Waals surface area contributed by atoms with Crippen molar-refractivity contribution in [1.82, 2.24) is 20.1 Å². The summed E-state index contributed by atoms with van der Waals surface area (Å²) in [5, 5.41) is 6.66. The molecule has 0 aliphatic carbocycles. The minimum Gasteiger partial charge on any atom is -0.454 e. The number of aromatic nitrogens is 3. The number of carbonyl (C=O) groups is 3. The molecule has 0 fully saturated rings. The van der Waals surface area contributed by atoms with Gasteiger partial charge in [-0.2, -0.15) is 18.3 Å². The molecule has 0 aromatic carbocycles. The number of hydrogen-bond acceptors (Lipinski definition) is 7. The molecule has 3 aromatic rings. The van der Waals surface area contributed by atoms with E-state index in [4.69, 9.17) is 4.74 Å². The molecule has 8 nitrogen and oxygen atoms in total. The summed E-state index contributed by atoms with van der Waals surface area (Å²) in [7, 11) is 0. The SMILES string of the molecule is CC(=O)NCCc1ccc(C(=O)COC(=O)c2cnn(-c3ccc(C(F)(F)F)cn3)c2C)s1. The summed E-state index contributed by atoms with van der Waals surface area (Å²) in [4.78, 5) is 40.7. The number of ether oxygens (including phenoxy) is 1. The van der Waals surface area contributed by atoms with E-state index in [1.54, 1.807) is 12.1 Å². The fourth-order valence-electron chi connectivity index (χ4n) is 2.82. The normalized spacial score (nSPS) is 11.3. The molecule has 0 unspecified atom stereocenters. The number of pyridine rings is 1. The van der Waals surface area contributed by atoms with Crippen molar-refractivity contribution < 1.29 is 32.3 Å². The van der Waals surface area contributed by atoms with Crippen molar-refractivity contribution in [3.63, 3.8) is 0 Å². The van der Waals surface area contributed by atoms with Gasteiger partial charge in [0.1, 0.15) is 5.56 Å². The van der Waals surface area contributed by atoms with Gasteiger partial charge in [0.15, 0.2) is 12.4 Å². The number of nitrogens with zero attached hydrogens (tertiary/aromatic N) is 3. The minimum absolute atomic E-state index is 0.0617. The van der Waals surface area contributed by atoms with Gasteiger partial charge in [0.05, 0.1) is 22.3 Å². The number of thiophene rings is 1. The average Bonchev–Trinajstić information content (AvgIpc) is 3.38. The van der Waals surface area contributed by atoms with E-state index >= 15 is 0 Å². The number of nitrogens with one attached hydrogen (secondary N) is 1. The number of esters is 1. The van der Waals surface area contributed by atoms with Gasteiger partial charge in [0.2, 0.25) is 11.7 Å². The quantitative estimate of drug-likeness (QED) is 0.392. The minimum atomic E-state index is -4.51. The molecular formula is C21H19F3N4O4S. The van der Waals surface area contributed by atoms with Crippen LogP contribution in [0.4, 0.5) is 13.2 Å². The molecule has 0 radical (unpaired) electrons. The third kappa shape index (κ3) is 6.04. The fourth-order valence-corrected chi connectivity index (χ4v) is 3.76. The third-order valence-corrected chi connectivity index (χ3v) is 5.72. The lowest BCUT2D eigenvalue weighted by atomic mass is 10.2. The number of halogens is 3. The maximum Gasteiger partial charge on any atom is 0.417 e. The molecule has 0 atom stereocenters. The fraction of sp³-hybridized carbons (Fsp3) is 0.286. The first-order valence-corrected chi connectivity index (χ1v) is 10.5. The summed E-state index contributed by atoms with van der Waals surface area (Å²) >= 11 is 1.25. The summed E-state index contributed by atoms with van der Waals surface area (Å²) in [5.41, 5.74) is -0.538. The second-order valence-corrected chi connectivity index (χ2v) is 8.12. The Balaban J connectivity index is 1.60. The Morgan fingerprint density at radius 1 is 1.15 bits per heavy atom. The summed E-state index contributed by atoms with van der Waals surface area (Å²) < 4.78 is 44.4. The predicted molar refractivity (Wildman–Crippen MR) is 112 cm³/mol. The van der Waals surface area contributed by atoms with Gasteiger partial charge >= 0.3 is 12.1 Å². The van der Waals surface area contributed by atoms with Crippen LogP contribution in [0.5, 0.6) is 0 Å². The molecule has 0 saturated heterocycles. The molecular weight excluding hydrogens is 461 g/mol. The monoisotopic (exact) mass is 480 g/mol. The van der Waals surface area contributed by atoms with Crippen molar-refractivity contribution in [2.75, 3.05) is 13.2 Å².